The van der Waals surface area contributed by atoms with Gasteiger partial charge in [-0.05, 0) is 53.6 Å². The number of esters is 2. The van der Waals surface area contributed by atoms with Crippen LogP contribution in [0.25, 0.3) is 6.08 Å². The van der Waals surface area contributed by atoms with E-state index in [0.29, 0.717) is 22.6 Å². The molecule has 3 aromatic carbocycles. The van der Waals surface area contributed by atoms with Crippen molar-refractivity contribution in [3.8, 4) is 17.6 Å². The number of carbonyl (C=O) groups is 3. The van der Waals surface area contributed by atoms with Crippen LogP contribution < -0.4 is 14.4 Å². The predicted molar refractivity (Wildman–Crippen MR) is 143 cm³/mol. The summed E-state index contributed by atoms with van der Waals surface area (Å²) in [6, 6.07) is 21.4. The third-order valence-corrected chi connectivity index (χ3v) is 7.40. The number of nitrogens with zero attached hydrogens (tertiary/aromatic N) is 2. The standard InChI is InChI=1S/C31H26N2O6/c1-19(34)39-24-15-10-22(11-16-24)29(35)28-27(21-8-13-23(37-2)14-9-21)31(18-32,30(36)38-3)26-17-12-20-6-4-5-7-25(20)33(26)28/h4-17,26-28H,1-3H3/t26-,27+,28-,31-/m0/s1. The van der Waals surface area contributed by atoms with E-state index in [-0.39, 0.29) is 5.78 Å². The van der Waals surface area contributed by atoms with Crippen LogP contribution in [0.3, 0.4) is 0 Å². The molecule has 0 spiro atoms. The SMILES string of the molecule is COC(=O)[C@]1(C#N)[C@H](c2ccc(OC)cc2)[C@@H](C(=O)c2ccc(OC(C)=O)cc2)N2c3ccccc3C=C[C@H]21. The van der Waals surface area contributed by atoms with Gasteiger partial charge in [-0.2, -0.15) is 5.26 Å². The molecule has 0 aliphatic carbocycles. The molecule has 0 aromatic heterocycles. The van der Waals surface area contributed by atoms with Gasteiger partial charge in [-0.25, -0.2) is 0 Å². The van der Waals surface area contributed by atoms with E-state index in [1.165, 1.54) is 14.0 Å². The molecule has 4 atom stereocenters. The van der Waals surface area contributed by atoms with E-state index in [0.717, 1.165) is 11.3 Å². The van der Waals surface area contributed by atoms with E-state index in [1.54, 1.807) is 61.7 Å². The Kier molecular flexibility index (Phi) is 6.67. The average molecular weight is 523 g/mol. The van der Waals surface area contributed by atoms with Gasteiger partial charge in [0, 0.05) is 24.1 Å². The number of hydrogen-bond acceptors (Lipinski definition) is 8. The summed E-state index contributed by atoms with van der Waals surface area (Å²) in [4.78, 5) is 41.2. The van der Waals surface area contributed by atoms with Gasteiger partial charge in [-0.1, -0.05) is 42.5 Å². The number of ketones is 1. The molecule has 196 valence electrons. The molecule has 1 fully saturated rings. The van der Waals surface area contributed by atoms with Crippen molar-refractivity contribution >= 4 is 29.5 Å². The van der Waals surface area contributed by atoms with Crippen LogP contribution in [0.1, 0.15) is 34.3 Å². The summed E-state index contributed by atoms with van der Waals surface area (Å²) >= 11 is 0. The fraction of sp³-hybridized carbons (Fsp3) is 0.226. The van der Waals surface area contributed by atoms with Gasteiger partial charge in [-0.3, -0.25) is 14.4 Å². The number of fused-ring (bicyclic) bond motifs is 3. The molecule has 8 nitrogen and oxygen atoms in total. The van der Waals surface area contributed by atoms with Gasteiger partial charge in [0.15, 0.2) is 11.2 Å². The molecule has 3 aromatic rings. The van der Waals surface area contributed by atoms with Gasteiger partial charge < -0.3 is 19.1 Å². The van der Waals surface area contributed by atoms with Crippen LogP contribution in [0.5, 0.6) is 11.5 Å². The van der Waals surface area contributed by atoms with Crippen molar-refractivity contribution < 1.29 is 28.6 Å². The van der Waals surface area contributed by atoms with E-state index in [9.17, 15) is 19.6 Å². The molecule has 2 heterocycles. The highest BCUT2D eigenvalue weighted by atomic mass is 16.5. The maximum absolute atomic E-state index is 14.4. The zero-order valence-corrected chi connectivity index (χ0v) is 21.7. The molecule has 39 heavy (non-hydrogen) atoms. The number of methoxy groups -OCH3 is 2. The Morgan fingerprint density at radius 2 is 1.59 bits per heavy atom. The van der Waals surface area contributed by atoms with Gasteiger partial charge in [-0.15, -0.1) is 0 Å². The maximum atomic E-state index is 14.4. The molecule has 8 heteroatoms. The summed E-state index contributed by atoms with van der Waals surface area (Å²) in [7, 11) is 2.80. The zero-order valence-electron chi connectivity index (χ0n) is 21.7. The van der Waals surface area contributed by atoms with Gasteiger partial charge in [0.1, 0.15) is 17.5 Å². The van der Waals surface area contributed by atoms with Gasteiger partial charge in [0.05, 0.1) is 26.3 Å². The number of carbonyl (C=O) groups excluding carboxylic acids is 3. The molecular formula is C31H26N2O6. The lowest BCUT2D eigenvalue weighted by molar-refractivity contribution is -0.150. The number of hydrogen-bond donors (Lipinski definition) is 0. The van der Waals surface area contributed by atoms with Crippen LogP contribution >= 0.6 is 0 Å². The highest BCUT2D eigenvalue weighted by Gasteiger charge is 2.67. The number of benzene rings is 3. The minimum atomic E-state index is -1.73. The molecule has 1 saturated heterocycles. The van der Waals surface area contributed by atoms with Crippen molar-refractivity contribution in [1.29, 1.82) is 5.26 Å². The minimum Gasteiger partial charge on any atom is -0.497 e. The van der Waals surface area contributed by atoms with Crippen LogP contribution in [-0.2, 0) is 14.3 Å². The van der Waals surface area contributed by atoms with Crippen molar-refractivity contribution in [2.24, 2.45) is 5.41 Å². The molecule has 2 aliphatic rings. The topological polar surface area (TPSA) is 106 Å². The van der Waals surface area contributed by atoms with Crippen LogP contribution in [0.4, 0.5) is 5.69 Å². The molecule has 0 bridgehead atoms. The number of Topliss-reactive ketones (excluding diaryl/α,β-unsaturated/α-hetero) is 1. The van der Waals surface area contributed by atoms with Crippen molar-refractivity contribution in [3.63, 3.8) is 0 Å². The molecule has 2 aliphatic heterocycles. The van der Waals surface area contributed by atoms with Crippen molar-refractivity contribution in [1.82, 2.24) is 0 Å². The van der Waals surface area contributed by atoms with Crippen LogP contribution in [0, 0.1) is 16.7 Å². The first kappa shape index (κ1) is 25.7. The van der Waals surface area contributed by atoms with Crippen LogP contribution in [-0.4, -0.2) is 44.0 Å². The first-order chi connectivity index (χ1) is 18.8. The first-order valence-electron chi connectivity index (χ1n) is 12.4. The number of nitriles is 1. The van der Waals surface area contributed by atoms with E-state index < -0.39 is 35.4 Å². The summed E-state index contributed by atoms with van der Waals surface area (Å²) in [5.74, 6) is -1.46. The highest BCUT2D eigenvalue weighted by molar-refractivity contribution is 6.06. The number of para-hydroxylation sites is 1. The van der Waals surface area contributed by atoms with E-state index in [1.807, 2.05) is 35.2 Å². The highest BCUT2D eigenvalue weighted by Crippen LogP contribution is 2.56. The number of anilines is 1. The minimum absolute atomic E-state index is 0.290. The maximum Gasteiger partial charge on any atom is 0.329 e. The van der Waals surface area contributed by atoms with Gasteiger partial charge in [0.2, 0.25) is 0 Å². The number of rotatable bonds is 6. The zero-order chi connectivity index (χ0) is 27.7. The van der Waals surface area contributed by atoms with Crippen molar-refractivity contribution in [2.45, 2.75) is 24.9 Å². The Labute approximate surface area is 226 Å². The Hall–Kier alpha value is -4.90. The second kappa shape index (κ2) is 10.1. The second-order valence-electron chi connectivity index (χ2n) is 9.42. The fourth-order valence-corrected chi connectivity index (χ4v) is 5.74. The summed E-state index contributed by atoms with van der Waals surface area (Å²) in [6.45, 7) is 1.30. The molecule has 0 N–H and O–H groups in total. The lowest BCUT2D eigenvalue weighted by Crippen LogP contribution is -2.46. The largest absolute Gasteiger partial charge is 0.497 e. The van der Waals surface area contributed by atoms with Gasteiger partial charge in [0.25, 0.3) is 0 Å². The van der Waals surface area contributed by atoms with Crippen molar-refractivity contribution in [3.05, 3.63) is 95.6 Å². The summed E-state index contributed by atoms with van der Waals surface area (Å²) in [5.41, 5.74) is 0.839. The van der Waals surface area contributed by atoms with E-state index in [4.69, 9.17) is 14.2 Å². The van der Waals surface area contributed by atoms with E-state index >= 15 is 0 Å². The Morgan fingerprint density at radius 3 is 2.21 bits per heavy atom. The third-order valence-electron chi connectivity index (χ3n) is 7.40. The average Bonchev–Trinajstić information content (AvgIpc) is 3.28. The lowest BCUT2D eigenvalue weighted by atomic mass is 9.68. The Bertz CT molecular complexity index is 1510. The quantitative estimate of drug-likeness (QED) is 0.264. The molecule has 5 rings (SSSR count). The predicted octanol–water partition coefficient (Wildman–Crippen LogP) is 4.55. The van der Waals surface area contributed by atoms with Crippen LogP contribution in [0.2, 0.25) is 0 Å². The normalized spacial score (nSPS) is 22.7. The molecule has 0 amide bonds. The summed E-state index contributed by atoms with van der Waals surface area (Å²) in [5, 5.41) is 10.7. The summed E-state index contributed by atoms with van der Waals surface area (Å²) in [6.07, 6.45) is 3.67. The second-order valence-corrected chi connectivity index (χ2v) is 9.42. The Morgan fingerprint density at radius 1 is 0.923 bits per heavy atom. The summed E-state index contributed by atoms with van der Waals surface area (Å²) < 4.78 is 15.7. The fourth-order valence-electron chi connectivity index (χ4n) is 5.74. The van der Waals surface area contributed by atoms with E-state index in [2.05, 4.69) is 6.07 Å². The number of ether oxygens (including phenoxy) is 3. The first-order valence-corrected chi connectivity index (χ1v) is 12.4. The van der Waals surface area contributed by atoms with Crippen LogP contribution in [0.15, 0.2) is 78.9 Å². The lowest BCUT2D eigenvalue weighted by Gasteiger charge is -2.36. The third kappa shape index (κ3) is 4.12. The smallest absolute Gasteiger partial charge is 0.329 e. The van der Waals surface area contributed by atoms with Crippen molar-refractivity contribution in [2.75, 3.05) is 19.1 Å². The van der Waals surface area contributed by atoms with Gasteiger partial charge >= 0.3 is 11.9 Å². The Balaban J connectivity index is 1.74. The molecule has 0 unspecified atom stereocenters. The molecule has 0 saturated carbocycles. The molecular weight excluding hydrogens is 496 g/mol. The monoisotopic (exact) mass is 522 g/mol. The molecule has 0 radical (unpaired) electrons.